The summed E-state index contributed by atoms with van der Waals surface area (Å²) in [6, 6.07) is 6.42. The van der Waals surface area contributed by atoms with Crippen molar-refractivity contribution in [2.75, 3.05) is 6.61 Å². The largest absolute Gasteiger partial charge is 0.366 e. The van der Waals surface area contributed by atoms with Crippen LogP contribution in [0.2, 0.25) is 0 Å². The van der Waals surface area contributed by atoms with Gasteiger partial charge >= 0.3 is 0 Å². The van der Waals surface area contributed by atoms with Crippen molar-refractivity contribution in [3.8, 4) is 0 Å². The van der Waals surface area contributed by atoms with Gasteiger partial charge in [-0.25, -0.2) is 4.21 Å². The zero-order valence-electron chi connectivity index (χ0n) is 7.73. The lowest BCUT2D eigenvalue weighted by molar-refractivity contribution is 0.0997. The maximum absolute atomic E-state index is 11.5. The highest BCUT2D eigenvalue weighted by Crippen LogP contribution is 2.13. The van der Waals surface area contributed by atoms with Crippen LogP contribution in [-0.2, 0) is 15.3 Å². The van der Waals surface area contributed by atoms with Gasteiger partial charge in [-0.15, -0.1) is 0 Å². The van der Waals surface area contributed by atoms with Gasteiger partial charge < -0.3 is 5.73 Å². The van der Waals surface area contributed by atoms with E-state index in [-0.39, 0.29) is 5.56 Å². The second kappa shape index (κ2) is 4.88. The zero-order valence-corrected chi connectivity index (χ0v) is 8.54. The van der Waals surface area contributed by atoms with E-state index < -0.39 is 17.0 Å². The maximum Gasteiger partial charge on any atom is 0.250 e. The summed E-state index contributed by atoms with van der Waals surface area (Å²) < 4.78 is 16.3. The van der Waals surface area contributed by atoms with E-state index in [9.17, 15) is 9.00 Å². The highest BCUT2D eigenvalue weighted by Gasteiger charge is 2.12. The standard InChI is InChI=1S/C9H11NO3S/c1-2-13-14(12)8-6-4-3-5-7(8)9(10)11/h3-6H,2H2,1H3,(H2,10,11). The molecule has 0 aromatic heterocycles. The van der Waals surface area contributed by atoms with Crippen molar-refractivity contribution in [3.63, 3.8) is 0 Å². The molecule has 1 unspecified atom stereocenters. The SMILES string of the molecule is CCOS(=O)c1ccccc1C(N)=O. The lowest BCUT2D eigenvalue weighted by Gasteiger charge is -2.04. The molecule has 4 nitrogen and oxygen atoms in total. The summed E-state index contributed by atoms with van der Waals surface area (Å²) in [5.41, 5.74) is 5.36. The Morgan fingerprint density at radius 2 is 2.14 bits per heavy atom. The van der Waals surface area contributed by atoms with Crippen LogP contribution in [-0.4, -0.2) is 16.7 Å². The van der Waals surface area contributed by atoms with E-state index in [0.717, 1.165) is 0 Å². The van der Waals surface area contributed by atoms with Gasteiger partial charge in [0.05, 0.1) is 17.1 Å². The molecule has 2 N–H and O–H groups in total. The fourth-order valence-electron chi connectivity index (χ4n) is 0.986. The Morgan fingerprint density at radius 1 is 1.50 bits per heavy atom. The van der Waals surface area contributed by atoms with Gasteiger partial charge in [0.2, 0.25) is 5.91 Å². The van der Waals surface area contributed by atoms with Crippen LogP contribution in [0.15, 0.2) is 29.2 Å². The molecule has 0 spiro atoms. The van der Waals surface area contributed by atoms with Gasteiger partial charge in [-0.1, -0.05) is 12.1 Å². The van der Waals surface area contributed by atoms with Crippen molar-refractivity contribution in [3.05, 3.63) is 29.8 Å². The van der Waals surface area contributed by atoms with Gasteiger partial charge in [0.25, 0.3) is 0 Å². The Balaban J connectivity index is 3.07. The molecule has 0 aliphatic rings. The summed E-state index contributed by atoms with van der Waals surface area (Å²) in [4.78, 5) is 11.3. The van der Waals surface area contributed by atoms with Crippen molar-refractivity contribution in [1.82, 2.24) is 0 Å². The number of hydrogen-bond donors (Lipinski definition) is 1. The normalized spacial score (nSPS) is 12.4. The van der Waals surface area contributed by atoms with Crippen LogP contribution in [0, 0.1) is 0 Å². The molecule has 1 aromatic carbocycles. The summed E-state index contributed by atoms with van der Waals surface area (Å²) in [6.45, 7) is 2.05. The molecule has 1 aromatic rings. The van der Waals surface area contributed by atoms with Crippen LogP contribution in [0.5, 0.6) is 0 Å². The summed E-state index contributed by atoms with van der Waals surface area (Å²) >= 11 is -1.62. The third-order valence-electron chi connectivity index (χ3n) is 1.56. The number of carbonyl (C=O) groups is 1. The third-order valence-corrected chi connectivity index (χ3v) is 2.72. The van der Waals surface area contributed by atoms with Gasteiger partial charge in [-0.05, 0) is 19.1 Å². The summed E-state index contributed by atoms with van der Waals surface area (Å²) in [6.07, 6.45) is 0. The Labute approximate surface area is 84.7 Å². The molecule has 0 aliphatic heterocycles. The predicted octanol–water partition coefficient (Wildman–Crippen LogP) is 0.845. The number of carbonyl (C=O) groups excluding carboxylic acids is 1. The molecular weight excluding hydrogens is 202 g/mol. The molecule has 14 heavy (non-hydrogen) atoms. The van der Waals surface area contributed by atoms with Crippen LogP contribution in [0.25, 0.3) is 0 Å². The van der Waals surface area contributed by atoms with Crippen LogP contribution < -0.4 is 5.73 Å². The molecule has 0 radical (unpaired) electrons. The minimum atomic E-state index is -1.62. The Kier molecular flexibility index (Phi) is 3.79. The molecule has 0 bridgehead atoms. The van der Waals surface area contributed by atoms with E-state index in [4.69, 9.17) is 9.92 Å². The van der Waals surface area contributed by atoms with Crippen LogP contribution >= 0.6 is 0 Å². The predicted molar refractivity (Wildman–Crippen MR) is 53.0 cm³/mol. The van der Waals surface area contributed by atoms with E-state index in [2.05, 4.69) is 0 Å². The Morgan fingerprint density at radius 3 is 2.71 bits per heavy atom. The highest BCUT2D eigenvalue weighted by molar-refractivity contribution is 7.80. The Bertz CT molecular complexity index is 365. The van der Waals surface area contributed by atoms with Crippen LogP contribution in [0.1, 0.15) is 17.3 Å². The number of benzene rings is 1. The minimum absolute atomic E-state index is 0.235. The van der Waals surface area contributed by atoms with E-state index in [0.29, 0.717) is 11.5 Å². The number of primary amides is 1. The fraction of sp³-hybridized carbons (Fsp3) is 0.222. The smallest absolute Gasteiger partial charge is 0.250 e. The number of nitrogens with two attached hydrogens (primary N) is 1. The van der Waals surface area contributed by atoms with Crippen molar-refractivity contribution in [1.29, 1.82) is 0 Å². The number of amides is 1. The number of rotatable bonds is 4. The summed E-state index contributed by atoms with van der Waals surface area (Å²) in [7, 11) is 0. The quantitative estimate of drug-likeness (QED) is 0.805. The fourth-order valence-corrected chi connectivity index (χ4v) is 1.86. The third kappa shape index (κ3) is 2.40. The first kappa shape index (κ1) is 10.9. The molecule has 0 heterocycles. The number of hydrogen-bond acceptors (Lipinski definition) is 3. The van der Waals surface area contributed by atoms with Gasteiger partial charge in [-0.3, -0.25) is 8.98 Å². The minimum Gasteiger partial charge on any atom is -0.366 e. The maximum atomic E-state index is 11.5. The van der Waals surface area contributed by atoms with Gasteiger partial charge in [0.15, 0.2) is 11.1 Å². The van der Waals surface area contributed by atoms with Crippen molar-refractivity contribution in [2.24, 2.45) is 5.73 Å². The molecule has 0 fully saturated rings. The summed E-state index contributed by atoms with van der Waals surface area (Å²) in [5, 5.41) is 0. The monoisotopic (exact) mass is 213 g/mol. The van der Waals surface area contributed by atoms with Crippen molar-refractivity contribution < 1.29 is 13.2 Å². The summed E-state index contributed by atoms with van der Waals surface area (Å²) in [5.74, 6) is -0.603. The molecule has 1 atom stereocenters. The van der Waals surface area contributed by atoms with E-state index in [1.165, 1.54) is 6.07 Å². The van der Waals surface area contributed by atoms with Gasteiger partial charge in [-0.2, -0.15) is 0 Å². The first-order valence-corrected chi connectivity index (χ1v) is 5.18. The van der Waals surface area contributed by atoms with Crippen molar-refractivity contribution >= 4 is 17.0 Å². The van der Waals surface area contributed by atoms with Crippen molar-refractivity contribution in [2.45, 2.75) is 11.8 Å². The first-order chi connectivity index (χ1) is 6.66. The van der Waals surface area contributed by atoms with Gasteiger partial charge in [0, 0.05) is 0 Å². The Hall–Kier alpha value is -1.20. The molecule has 1 amide bonds. The topological polar surface area (TPSA) is 69.4 Å². The molecule has 0 aliphatic carbocycles. The molecule has 5 heteroatoms. The lowest BCUT2D eigenvalue weighted by Crippen LogP contribution is -2.14. The molecule has 0 saturated heterocycles. The second-order valence-corrected chi connectivity index (χ2v) is 3.65. The van der Waals surface area contributed by atoms with Gasteiger partial charge in [0.1, 0.15) is 0 Å². The molecule has 1 rings (SSSR count). The van der Waals surface area contributed by atoms with E-state index in [1.54, 1.807) is 25.1 Å². The molecule has 76 valence electrons. The van der Waals surface area contributed by atoms with E-state index >= 15 is 0 Å². The van der Waals surface area contributed by atoms with E-state index in [1.807, 2.05) is 0 Å². The second-order valence-electron chi connectivity index (χ2n) is 2.50. The molecular formula is C9H11NO3S. The highest BCUT2D eigenvalue weighted by atomic mass is 32.2. The molecule has 0 saturated carbocycles. The average Bonchev–Trinajstić information content (AvgIpc) is 2.18. The zero-order chi connectivity index (χ0) is 10.6. The first-order valence-electron chi connectivity index (χ1n) is 4.10. The van der Waals surface area contributed by atoms with Crippen LogP contribution in [0.4, 0.5) is 0 Å². The van der Waals surface area contributed by atoms with Crippen LogP contribution in [0.3, 0.4) is 0 Å². The lowest BCUT2D eigenvalue weighted by atomic mass is 10.2. The average molecular weight is 213 g/mol.